The van der Waals surface area contributed by atoms with Gasteiger partial charge in [-0.05, 0) is 53.3 Å². The van der Waals surface area contributed by atoms with E-state index in [0.717, 1.165) is 5.56 Å². The molecule has 3 aromatic rings. The van der Waals surface area contributed by atoms with Gasteiger partial charge in [0.2, 0.25) is 0 Å². The molecule has 1 aromatic heterocycles. The highest BCUT2D eigenvalue weighted by molar-refractivity contribution is 7.12. The van der Waals surface area contributed by atoms with Crippen LogP contribution in [-0.2, 0) is 0 Å². The molecule has 4 rings (SSSR count). The first-order chi connectivity index (χ1) is 15.4. The molecule has 6 nitrogen and oxygen atoms in total. The Hall–Kier alpha value is -3.03. The fourth-order valence-corrected chi connectivity index (χ4v) is 4.25. The molecular weight excluding hydrogens is 448 g/mol. The van der Waals surface area contributed by atoms with Gasteiger partial charge in [0, 0.05) is 5.56 Å². The average Bonchev–Trinajstić information content (AvgIpc) is 3.33. The molecule has 1 aliphatic heterocycles. The summed E-state index contributed by atoms with van der Waals surface area (Å²) >= 11 is 7.59. The van der Waals surface area contributed by atoms with Crippen LogP contribution in [0.15, 0.2) is 53.9 Å². The van der Waals surface area contributed by atoms with Crippen LogP contribution < -0.4 is 20.1 Å². The molecule has 2 N–H and O–H groups in total. The lowest BCUT2D eigenvalue weighted by atomic mass is 9.95. The molecule has 32 heavy (non-hydrogen) atoms. The van der Waals surface area contributed by atoms with Crippen LogP contribution in [0.25, 0.3) is 0 Å². The third kappa shape index (κ3) is 4.89. The predicted molar refractivity (Wildman–Crippen MR) is 126 cm³/mol. The van der Waals surface area contributed by atoms with E-state index in [1.807, 2.05) is 37.4 Å². The highest BCUT2D eigenvalue weighted by Gasteiger charge is 2.22. The second-order valence-corrected chi connectivity index (χ2v) is 9.08. The summed E-state index contributed by atoms with van der Waals surface area (Å²) in [6, 6.07) is 13.8. The molecule has 1 atom stereocenters. The van der Waals surface area contributed by atoms with Crippen molar-refractivity contribution in [3.8, 4) is 11.5 Å². The Morgan fingerprint density at radius 3 is 2.50 bits per heavy atom. The zero-order chi connectivity index (χ0) is 22.7. The van der Waals surface area contributed by atoms with Crippen LogP contribution in [0.2, 0.25) is 5.02 Å². The van der Waals surface area contributed by atoms with Crippen LogP contribution in [0.3, 0.4) is 0 Å². The molecule has 0 fully saturated rings. The molecular formula is C24H23ClN2O4S. The van der Waals surface area contributed by atoms with Crippen molar-refractivity contribution in [2.75, 3.05) is 18.5 Å². The number of carbonyl (C=O) groups excluding carboxylic acids is 2. The number of carbonyl (C=O) groups is 2. The molecule has 2 heterocycles. The molecule has 166 valence electrons. The van der Waals surface area contributed by atoms with Gasteiger partial charge >= 0.3 is 0 Å². The summed E-state index contributed by atoms with van der Waals surface area (Å²) in [5, 5.41) is 8.06. The van der Waals surface area contributed by atoms with E-state index in [1.165, 1.54) is 11.3 Å². The maximum atomic E-state index is 13.1. The van der Waals surface area contributed by atoms with Gasteiger partial charge in [0.05, 0.1) is 21.6 Å². The molecule has 0 spiro atoms. The first-order valence-electron chi connectivity index (χ1n) is 10.3. The average molecular weight is 471 g/mol. The maximum Gasteiger partial charge on any atom is 0.265 e. The maximum absolute atomic E-state index is 13.1. The van der Waals surface area contributed by atoms with Crippen LogP contribution in [-0.4, -0.2) is 25.0 Å². The molecule has 1 aliphatic rings. The van der Waals surface area contributed by atoms with Crippen molar-refractivity contribution >= 4 is 40.4 Å². The van der Waals surface area contributed by atoms with E-state index in [9.17, 15) is 9.59 Å². The van der Waals surface area contributed by atoms with Gasteiger partial charge in [0.1, 0.15) is 13.2 Å². The van der Waals surface area contributed by atoms with Gasteiger partial charge in [-0.2, -0.15) is 0 Å². The third-order valence-corrected chi connectivity index (χ3v) is 6.30. The van der Waals surface area contributed by atoms with Crippen LogP contribution in [0.4, 0.5) is 5.69 Å². The number of ether oxygens (including phenoxy) is 2. The van der Waals surface area contributed by atoms with Crippen molar-refractivity contribution in [3.63, 3.8) is 0 Å². The van der Waals surface area contributed by atoms with Crippen molar-refractivity contribution in [2.45, 2.75) is 19.9 Å². The summed E-state index contributed by atoms with van der Waals surface area (Å²) in [6.07, 6.45) is 0. The van der Waals surface area contributed by atoms with Crippen molar-refractivity contribution < 1.29 is 19.1 Å². The normalized spacial score (nSPS) is 13.5. The second kappa shape index (κ2) is 9.63. The number of fused-ring (bicyclic) bond motifs is 1. The minimum Gasteiger partial charge on any atom is -0.486 e. The Bertz CT molecular complexity index is 1130. The van der Waals surface area contributed by atoms with E-state index < -0.39 is 0 Å². The van der Waals surface area contributed by atoms with Crippen molar-refractivity contribution in [1.29, 1.82) is 0 Å². The lowest BCUT2D eigenvalue weighted by Gasteiger charge is -2.25. The number of nitrogens with one attached hydrogen (secondary N) is 2. The Kier molecular flexibility index (Phi) is 6.67. The largest absolute Gasteiger partial charge is 0.486 e. The number of rotatable bonds is 6. The van der Waals surface area contributed by atoms with Gasteiger partial charge in [0.25, 0.3) is 11.8 Å². The van der Waals surface area contributed by atoms with E-state index in [0.29, 0.717) is 45.9 Å². The monoisotopic (exact) mass is 470 g/mol. The van der Waals surface area contributed by atoms with Crippen molar-refractivity contribution in [2.24, 2.45) is 5.92 Å². The summed E-state index contributed by atoms with van der Waals surface area (Å²) < 4.78 is 11.3. The summed E-state index contributed by atoms with van der Waals surface area (Å²) in [5.74, 6) is 0.987. The third-order valence-electron chi connectivity index (χ3n) is 5.10. The van der Waals surface area contributed by atoms with Crippen LogP contribution in [0.1, 0.15) is 45.5 Å². The van der Waals surface area contributed by atoms with Gasteiger partial charge in [-0.25, -0.2) is 0 Å². The SMILES string of the molecule is CC(C)C(NC(=O)c1ccc(Cl)c(NC(=O)c2cccs2)c1)c1ccc2c(c1)OCCO2. The minimum atomic E-state index is -0.268. The molecule has 0 saturated carbocycles. The van der Waals surface area contributed by atoms with Crippen molar-refractivity contribution in [3.05, 3.63) is 74.9 Å². The van der Waals surface area contributed by atoms with Gasteiger partial charge in [-0.1, -0.05) is 37.6 Å². The molecule has 0 aliphatic carbocycles. The zero-order valence-electron chi connectivity index (χ0n) is 17.7. The number of hydrogen-bond donors (Lipinski definition) is 2. The molecule has 8 heteroatoms. The van der Waals surface area contributed by atoms with Crippen molar-refractivity contribution in [1.82, 2.24) is 5.32 Å². The first kappa shape index (κ1) is 22.2. The zero-order valence-corrected chi connectivity index (χ0v) is 19.3. The van der Waals surface area contributed by atoms with E-state index in [-0.39, 0.29) is 23.8 Å². The summed E-state index contributed by atoms with van der Waals surface area (Å²) in [7, 11) is 0. The number of halogens is 1. The van der Waals surface area contributed by atoms with Gasteiger partial charge in [-0.15, -0.1) is 11.3 Å². The fourth-order valence-electron chi connectivity index (χ4n) is 3.47. The minimum absolute atomic E-state index is 0.131. The van der Waals surface area contributed by atoms with E-state index in [4.69, 9.17) is 21.1 Å². The van der Waals surface area contributed by atoms with Gasteiger partial charge in [0.15, 0.2) is 11.5 Å². The molecule has 0 saturated heterocycles. The number of benzene rings is 2. The molecule has 1 unspecified atom stereocenters. The summed E-state index contributed by atoms with van der Waals surface area (Å²) in [4.78, 5) is 26.0. The van der Waals surface area contributed by atoms with Gasteiger partial charge < -0.3 is 20.1 Å². The number of hydrogen-bond acceptors (Lipinski definition) is 5. The Labute approximate surface area is 195 Å². The lowest BCUT2D eigenvalue weighted by Crippen LogP contribution is -2.32. The summed E-state index contributed by atoms with van der Waals surface area (Å²) in [6.45, 7) is 5.10. The van der Waals surface area contributed by atoms with Crippen LogP contribution in [0, 0.1) is 5.92 Å². The highest BCUT2D eigenvalue weighted by Crippen LogP contribution is 2.34. The Balaban J connectivity index is 1.53. The smallest absolute Gasteiger partial charge is 0.265 e. The summed E-state index contributed by atoms with van der Waals surface area (Å²) in [5.41, 5.74) is 1.72. The topological polar surface area (TPSA) is 76.7 Å². The standard InChI is InChI=1S/C24H23ClN2O4S/c1-14(2)22(15-6-8-19-20(13-15)31-10-9-30-19)27-23(28)16-5-7-17(25)18(12-16)26-24(29)21-4-3-11-32-21/h3-8,11-14,22H,9-10H2,1-2H3,(H,26,29)(H,27,28). The number of amides is 2. The molecule has 0 radical (unpaired) electrons. The number of anilines is 1. The highest BCUT2D eigenvalue weighted by atomic mass is 35.5. The Morgan fingerprint density at radius 2 is 1.78 bits per heavy atom. The molecule has 2 amide bonds. The van der Waals surface area contributed by atoms with E-state index in [2.05, 4.69) is 10.6 Å². The van der Waals surface area contributed by atoms with E-state index in [1.54, 1.807) is 30.3 Å². The molecule has 0 bridgehead atoms. The fraction of sp³-hybridized carbons (Fsp3) is 0.250. The van der Waals surface area contributed by atoms with Crippen LogP contribution in [0.5, 0.6) is 11.5 Å². The van der Waals surface area contributed by atoms with Crippen LogP contribution >= 0.6 is 22.9 Å². The van der Waals surface area contributed by atoms with Gasteiger partial charge in [-0.3, -0.25) is 9.59 Å². The predicted octanol–water partition coefficient (Wildman–Crippen LogP) is 5.55. The van der Waals surface area contributed by atoms with E-state index >= 15 is 0 Å². The number of thiophene rings is 1. The first-order valence-corrected chi connectivity index (χ1v) is 11.5. The lowest BCUT2D eigenvalue weighted by molar-refractivity contribution is 0.0924. The quantitative estimate of drug-likeness (QED) is 0.495. The molecule has 2 aromatic carbocycles. The second-order valence-electron chi connectivity index (χ2n) is 7.72. The Morgan fingerprint density at radius 1 is 1.00 bits per heavy atom.